The Bertz CT molecular complexity index is 518. The van der Waals surface area contributed by atoms with Gasteiger partial charge in [-0.2, -0.15) is 0 Å². The fraction of sp³-hybridized carbons (Fsp3) is 0.200. The van der Waals surface area contributed by atoms with Gasteiger partial charge in [0.2, 0.25) is 0 Å². The van der Waals surface area contributed by atoms with Crippen LogP contribution in [0.3, 0.4) is 0 Å². The Morgan fingerprint density at radius 2 is 2.20 bits per heavy atom. The van der Waals surface area contributed by atoms with Crippen LogP contribution in [0, 0.1) is 3.57 Å². The van der Waals surface area contributed by atoms with E-state index in [4.69, 9.17) is 0 Å². The first-order chi connectivity index (χ1) is 7.09. The molecule has 0 spiro atoms. The maximum absolute atomic E-state index is 11.8. The number of hydrogen-bond donors (Lipinski definition) is 0. The van der Waals surface area contributed by atoms with Crippen LogP contribution in [0.25, 0.3) is 5.65 Å². The summed E-state index contributed by atoms with van der Waals surface area (Å²) in [6.45, 7) is 0. The first-order valence-electron chi connectivity index (χ1n) is 4.44. The van der Waals surface area contributed by atoms with Gasteiger partial charge in [-0.15, -0.1) is 0 Å². The fourth-order valence-electron chi connectivity index (χ4n) is 1.34. The van der Waals surface area contributed by atoms with Crippen LogP contribution in [0.1, 0.15) is 10.5 Å². The Hall–Kier alpha value is -1.11. The standard InChI is InChI=1S/C10H10IN3O/c1-13(2)10(15)8-5-12-9-4-3-7(11)6-14(8)9/h3-6H,1-2H3. The predicted octanol–water partition coefficient (Wildman–Crippen LogP) is 1.64. The number of hydrogen-bond acceptors (Lipinski definition) is 2. The second kappa shape index (κ2) is 3.80. The predicted molar refractivity (Wildman–Crippen MR) is 65.9 cm³/mol. The number of pyridine rings is 1. The van der Waals surface area contributed by atoms with E-state index in [1.54, 1.807) is 25.2 Å². The number of aromatic nitrogens is 2. The fourth-order valence-corrected chi connectivity index (χ4v) is 1.80. The van der Waals surface area contributed by atoms with Gasteiger partial charge < -0.3 is 4.90 Å². The molecule has 0 unspecified atom stereocenters. The zero-order valence-corrected chi connectivity index (χ0v) is 10.6. The van der Waals surface area contributed by atoms with E-state index in [2.05, 4.69) is 27.6 Å². The largest absolute Gasteiger partial charge is 0.343 e. The molecule has 0 saturated heterocycles. The molecular formula is C10H10IN3O. The van der Waals surface area contributed by atoms with Crippen LogP contribution < -0.4 is 0 Å². The molecule has 0 N–H and O–H groups in total. The van der Waals surface area contributed by atoms with Crippen molar-refractivity contribution in [2.75, 3.05) is 14.1 Å². The van der Waals surface area contributed by atoms with Crippen LogP contribution in [0.15, 0.2) is 24.5 Å². The van der Waals surface area contributed by atoms with Gasteiger partial charge >= 0.3 is 0 Å². The number of halogens is 1. The summed E-state index contributed by atoms with van der Waals surface area (Å²) in [6, 6.07) is 3.86. The minimum atomic E-state index is -0.0375. The highest BCUT2D eigenvalue weighted by Gasteiger charge is 2.13. The van der Waals surface area contributed by atoms with E-state index in [1.165, 1.54) is 0 Å². The van der Waals surface area contributed by atoms with Gasteiger partial charge in [0.05, 0.1) is 6.20 Å². The summed E-state index contributed by atoms with van der Waals surface area (Å²) in [6.07, 6.45) is 3.51. The Morgan fingerprint density at radius 1 is 1.47 bits per heavy atom. The van der Waals surface area contributed by atoms with Crippen LogP contribution in [0.5, 0.6) is 0 Å². The number of imidazole rings is 1. The molecule has 0 aliphatic rings. The Kier molecular flexibility index (Phi) is 2.64. The van der Waals surface area contributed by atoms with Crippen molar-refractivity contribution in [3.8, 4) is 0 Å². The molecule has 0 atom stereocenters. The molecule has 0 fully saturated rings. The molecule has 2 rings (SSSR count). The second-order valence-corrected chi connectivity index (χ2v) is 4.66. The average Bonchev–Trinajstić information content (AvgIpc) is 2.59. The number of rotatable bonds is 1. The van der Waals surface area contributed by atoms with Gasteiger partial charge in [0.1, 0.15) is 11.3 Å². The minimum absolute atomic E-state index is 0.0375. The van der Waals surface area contributed by atoms with Gasteiger partial charge in [-0.05, 0) is 34.7 Å². The van der Waals surface area contributed by atoms with Crippen molar-refractivity contribution in [2.45, 2.75) is 0 Å². The lowest BCUT2D eigenvalue weighted by Crippen LogP contribution is -2.23. The summed E-state index contributed by atoms with van der Waals surface area (Å²) in [4.78, 5) is 17.5. The summed E-state index contributed by atoms with van der Waals surface area (Å²) in [7, 11) is 3.46. The van der Waals surface area contributed by atoms with Gasteiger partial charge in [0, 0.05) is 23.9 Å². The first kappa shape index (κ1) is 10.4. The quantitative estimate of drug-likeness (QED) is 0.751. The van der Waals surface area contributed by atoms with E-state index in [-0.39, 0.29) is 5.91 Å². The highest BCUT2D eigenvalue weighted by atomic mass is 127. The summed E-state index contributed by atoms with van der Waals surface area (Å²) >= 11 is 2.21. The maximum atomic E-state index is 11.8. The van der Waals surface area contributed by atoms with E-state index in [0.717, 1.165) is 9.22 Å². The van der Waals surface area contributed by atoms with E-state index in [9.17, 15) is 4.79 Å². The number of nitrogens with zero attached hydrogens (tertiary/aromatic N) is 3. The molecule has 1 amide bonds. The van der Waals surface area contributed by atoms with Gasteiger partial charge in [0.15, 0.2) is 0 Å². The smallest absolute Gasteiger partial charge is 0.271 e. The summed E-state index contributed by atoms with van der Waals surface area (Å²) < 4.78 is 2.88. The van der Waals surface area contributed by atoms with Crippen molar-refractivity contribution in [2.24, 2.45) is 0 Å². The molecule has 2 heterocycles. The van der Waals surface area contributed by atoms with E-state index >= 15 is 0 Å². The topological polar surface area (TPSA) is 37.6 Å². The molecule has 5 heteroatoms. The van der Waals surface area contributed by atoms with Crippen molar-refractivity contribution in [3.63, 3.8) is 0 Å². The van der Waals surface area contributed by atoms with Crippen LogP contribution in [-0.4, -0.2) is 34.3 Å². The first-order valence-corrected chi connectivity index (χ1v) is 5.52. The summed E-state index contributed by atoms with van der Waals surface area (Å²) in [5.41, 5.74) is 1.38. The van der Waals surface area contributed by atoms with Gasteiger partial charge in [0.25, 0.3) is 5.91 Å². The van der Waals surface area contributed by atoms with E-state index in [0.29, 0.717) is 5.69 Å². The molecule has 0 saturated carbocycles. The van der Waals surface area contributed by atoms with Gasteiger partial charge in [-0.3, -0.25) is 9.20 Å². The number of fused-ring (bicyclic) bond motifs is 1. The Balaban J connectivity index is 2.62. The number of amides is 1. The number of carbonyl (C=O) groups is 1. The van der Waals surface area contributed by atoms with E-state index < -0.39 is 0 Å². The zero-order chi connectivity index (χ0) is 11.0. The van der Waals surface area contributed by atoms with E-state index in [1.807, 2.05) is 22.7 Å². The van der Waals surface area contributed by atoms with Gasteiger partial charge in [-0.25, -0.2) is 4.98 Å². The normalized spacial score (nSPS) is 10.6. The van der Waals surface area contributed by atoms with Crippen molar-refractivity contribution in [3.05, 3.63) is 33.8 Å². The molecule has 0 aromatic carbocycles. The molecule has 4 nitrogen and oxygen atoms in total. The monoisotopic (exact) mass is 315 g/mol. The lowest BCUT2D eigenvalue weighted by Gasteiger charge is -2.09. The van der Waals surface area contributed by atoms with Crippen molar-refractivity contribution < 1.29 is 4.79 Å². The van der Waals surface area contributed by atoms with Crippen LogP contribution in [0.4, 0.5) is 0 Å². The average molecular weight is 315 g/mol. The Morgan fingerprint density at radius 3 is 2.87 bits per heavy atom. The molecule has 0 bridgehead atoms. The third-order valence-electron chi connectivity index (χ3n) is 2.09. The lowest BCUT2D eigenvalue weighted by molar-refractivity contribution is 0.0821. The molecule has 2 aromatic heterocycles. The van der Waals surface area contributed by atoms with Crippen LogP contribution in [0.2, 0.25) is 0 Å². The molecular weight excluding hydrogens is 305 g/mol. The zero-order valence-electron chi connectivity index (χ0n) is 8.44. The van der Waals surface area contributed by atoms with Crippen LogP contribution in [-0.2, 0) is 0 Å². The van der Waals surface area contributed by atoms with Crippen molar-refractivity contribution >= 4 is 34.1 Å². The number of carbonyl (C=O) groups excluding carboxylic acids is 1. The molecule has 78 valence electrons. The maximum Gasteiger partial charge on any atom is 0.271 e. The summed E-state index contributed by atoms with van der Waals surface area (Å²) in [5.74, 6) is -0.0375. The summed E-state index contributed by atoms with van der Waals surface area (Å²) in [5, 5.41) is 0. The third-order valence-corrected chi connectivity index (χ3v) is 2.73. The lowest BCUT2D eigenvalue weighted by atomic mass is 10.4. The Labute approximate surface area is 101 Å². The molecule has 0 radical (unpaired) electrons. The third kappa shape index (κ3) is 1.83. The second-order valence-electron chi connectivity index (χ2n) is 3.42. The molecule has 0 aliphatic carbocycles. The van der Waals surface area contributed by atoms with Crippen molar-refractivity contribution in [1.82, 2.24) is 14.3 Å². The highest BCUT2D eigenvalue weighted by Crippen LogP contribution is 2.11. The molecule has 0 aliphatic heterocycles. The SMILES string of the molecule is CN(C)C(=O)c1cnc2ccc(I)cn12. The van der Waals surface area contributed by atoms with Crippen LogP contribution >= 0.6 is 22.6 Å². The minimum Gasteiger partial charge on any atom is -0.343 e. The van der Waals surface area contributed by atoms with Crippen molar-refractivity contribution in [1.29, 1.82) is 0 Å². The molecule has 2 aromatic rings. The van der Waals surface area contributed by atoms with Gasteiger partial charge in [-0.1, -0.05) is 0 Å². The highest BCUT2D eigenvalue weighted by molar-refractivity contribution is 14.1. The molecule has 15 heavy (non-hydrogen) atoms.